The molecule has 1 aliphatic carbocycles. The number of aliphatic hydroxyl groups excluding tert-OH is 1. The lowest BCUT2D eigenvalue weighted by molar-refractivity contribution is 0.0658. The highest BCUT2D eigenvalue weighted by atomic mass is 35.5. The second-order valence-electron chi connectivity index (χ2n) is 10.9. The molecule has 2 aliphatic heterocycles. The second kappa shape index (κ2) is 10.5. The van der Waals surface area contributed by atoms with Gasteiger partial charge in [-0.2, -0.15) is 15.5 Å². The van der Waals surface area contributed by atoms with Crippen LogP contribution in [-0.2, 0) is 14.6 Å². The highest BCUT2D eigenvalue weighted by molar-refractivity contribution is 7.92. The highest BCUT2D eigenvalue weighted by Crippen LogP contribution is 2.40. The number of halogens is 1. The third-order valence-corrected chi connectivity index (χ3v) is 10.8. The number of aryl methyl sites for hydroxylation is 1. The van der Waals surface area contributed by atoms with Crippen LogP contribution in [0.3, 0.4) is 0 Å². The Morgan fingerprint density at radius 1 is 1.27 bits per heavy atom. The fourth-order valence-corrected chi connectivity index (χ4v) is 8.04. The fourth-order valence-electron chi connectivity index (χ4n) is 5.79. The first-order chi connectivity index (χ1) is 19.2. The number of anilines is 1. The lowest BCUT2D eigenvalue weighted by Gasteiger charge is -2.33. The van der Waals surface area contributed by atoms with Gasteiger partial charge in [-0.3, -0.25) is 5.32 Å². The molecular weight excluding hydrogens is 554 g/mol. The summed E-state index contributed by atoms with van der Waals surface area (Å²) in [5, 5.41) is 32.3. The zero-order valence-corrected chi connectivity index (χ0v) is 23.7. The van der Waals surface area contributed by atoms with E-state index in [9.17, 15) is 18.8 Å². The number of hydrogen-bond acceptors (Lipinski definition) is 9. The zero-order chi connectivity index (χ0) is 28.1. The molecule has 3 unspecified atom stereocenters. The number of hydrogen-bond donors (Lipinski definition) is 2. The Balaban J connectivity index is 1.34. The molecule has 6 rings (SSSR count). The third kappa shape index (κ3) is 5.01. The van der Waals surface area contributed by atoms with Crippen LogP contribution in [-0.4, -0.2) is 75.9 Å². The van der Waals surface area contributed by atoms with Gasteiger partial charge >= 0.3 is 0 Å². The van der Waals surface area contributed by atoms with Crippen LogP contribution in [0.15, 0.2) is 47.6 Å². The molecule has 40 heavy (non-hydrogen) atoms. The minimum absolute atomic E-state index is 0.0444. The number of benzene rings is 1. The molecule has 0 spiro atoms. The van der Waals surface area contributed by atoms with E-state index in [1.807, 2.05) is 22.6 Å². The Bertz CT molecular complexity index is 1520. The van der Waals surface area contributed by atoms with Crippen LogP contribution in [0.2, 0.25) is 5.02 Å². The second-order valence-corrected chi connectivity index (χ2v) is 13.5. The van der Waals surface area contributed by atoms with Gasteiger partial charge in [-0.25, -0.2) is 17.8 Å². The summed E-state index contributed by atoms with van der Waals surface area (Å²) in [5.74, 6) is 0.759. The Hall–Kier alpha value is -2.95. The molecule has 4 heterocycles. The Morgan fingerprint density at radius 2 is 2.05 bits per heavy atom. The monoisotopic (exact) mass is 585 g/mol. The molecule has 0 radical (unpaired) electrons. The number of aromatic nitrogens is 4. The first-order valence-electron chi connectivity index (χ1n) is 13.5. The summed E-state index contributed by atoms with van der Waals surface area (Å²) in [5.41, 5.74) is 0.688. The number of nitrogens with one attached hydrogen (secondary N) is 1. The molecule has 3 aromatic rings. The van der Waals surface area contributed by atoms with E-state index >= 15 is 0 Å². The molecule has 0 amide bonds. The van der Waals surface area contributed by atoms with Gasteiger partial charge in [-0.1, -0.05) is 11.6 Å². The van der Waals surface area contributed by atoms with E-state index in [0.717, 1.165) is 24.4 Å². The summed E-state index contributed by atoms with van der Waals surface area (Å²) < 4.78 is 37.1. The van der Waals surface area contributed by atoms with Crippen molar-refractivity contribution in [3.63, 3.8) is 0 Å². The van der Waals surface area contributed by atoms with Crippen molar-refractivity contribution in [3.8, 4) is 11.8 Å². The van der Waals surface area contributed by atoms with Gasteiger partial charge < -0.3 is 14.7 Å². The zero-order valence-electron chi connectivity index (χ0n) is 22.1. The quantitative estimate of drug-likeness (QED) is 0.382. The van der Waals surface area contributed by atoms with Crippen LogP contribution in [0, 0.1) is 18.3 Å². The van der Waals surface area contributed by atoms with Crippen LogP contribution in [0.25, 0.3) is 5.69 Å². The molecule has 11 nitrogen and oxygen atoms in total. The first kappa shape index (κ1) is 27.2. The summed E-state index contributed by atoms with van der Waals surface area (Å²) in [6, 6.07) is 10.3. The summed E-state index contributed by atoms with van der Waals surface area (Å²) >= 11 is 6.55. The maximum atomic E-state index is 14.0. The van der Waals surface area contributed by atoms with E-state index in [1.165, 1.54) is 6.07 Å². The molecule has 3 atom stereocenters. The van der Waals surface area contributed by atoms with E-state index in [2.05, 4.69) is 16.5 Å². The molecule has 13 heteroatoms. The van der Waals surface area contributed by atoms with Crippen molar-refractivity contribution >= 4 is 27.3 Å². The first-order valence-corrected chi connectivity index (χ1v) is 15.4. The van der Waals surface area contributed by atoms with Gasteiger partial charge in [0.15, 0.2) is 9.84 Å². The van der Waals surface area contributed by atoms with Gasteiger partial charge in [0.25, 0.3) is 0 Å². The Labute approximate surface area is 238 Å². The van der Waals surface area contributed by atoms with Crippen molar-refractivity contribution in [2.45, 2.75) is 73.0 Å². The van der Waals surface area contributed by atoms with Gasteiger partial charge in [-0.05, 0) is 63.3 Å². The van der Waals surface area contributed by atoms with Crippen LogP contribution in [0.1, 0.15) is 43.8 Å². The largest absolute Gasteiger partial charge is 0.381 e. The van der Waals surface area contributed by atoms with Crippen LogP contribution in [0.5, 0.6) is 0 Å². The maximum absolute atomic E-state index is 14.0. The molecule has 3 aliphatic rings. The third-order valence-electron chi connectivity index (χ3n) is 8.16. The normalized spacial score (nSPS) is 23.7. The standard InChI is InChI=1S/C27H32ClN7O4S/c1-18-13-25(35(32-18)19-5-11-39-12-6-19)33-16-21(15-23(33)26(36)31-27(17-29)7-8-27)40(37,38)24-4-3-20(14-22(24)28)34-10-2-9-30-34/h2-4,9-10,13-14,19,21,23,26,31,36H,5-8,11-12,15-16H2,1H3. The van der Waals surface area contributed by atoms with Crippen molar-refractivity contribution < 1.29 is 18.3 Å². The van der Waals surface area contributed by atoms with Gasteiger partial charge in [-0.15, -0.1) is 0 Å². The number of ether oxygens (including phenoxy) is 1. The van der Waals surface area contributed by atoms with Crippen LogP contribution < -0.4 is 10.2 Å². The van der Waals surface area contributed by atoms with E-state index < -0.39 is 32.9 Å². The number of rotatable bonds is 8. The summed E-state index contributed by atoms with van der Waals surface area (Å²) in [7, 11) is -3.88. The lowest BCUT2D eigenvalue weighted by Crippen LogP contribution is -2.51. The molecule has 2 N–H and O–H groups in total. The lowest BCUT2D eigenvalue weighted by atomic mass is 10.1. The number of nitriles is 1. The maximum Gasteiger partial charge on any atom is 0.184 e. The topological polar surface area (TPSA) is 138 Å². The van der Waals surface area contributed by atoms with E-state index in [0.29, 0.717) is 31.7 Å². The van der Waals surface area contributed by atoms with Crippen LogP contribution in [0.4, 0.5) is 5.82 Å². The Kier molecular flexibility index (Phi) is 7.13. The summed E-state index contributed by atoms with van der Waals surface area (Å²) in [6.45, 7) is 3.32. The highest BCUT2D eigenvalue weighted by Gasteiger charge is 2.50. The minimum atomic E-state index is -3.88. The number of sulfone groups is 1. The summed E-state index contributed by atoms with van der Waals surface area (Å²) in [6.07, 6.45) is 5.32. The molecule has 2 aromatic heterocycles. The van der Waals surface area contributed by atoms with Gasteiger partial charge in [0.05, 0.1) is 44.7 Å². The van der Waals surface area contributed by atoms with Gasteiger partial charge in [0.1, 0.15) is 17.6 Å². The van der Waals surface area contributed by atoms with Gasteiger partial charge in [0.2, 0.25) is 0 Å². The van der Waals surface area contributed by atoms with E-state index in [4.69, 9.17) is 21.4 Å². The minimum Gasteiger partial charge on any atom is -0.381 e. The van der Waals surface area contributed by atoms with Gasteiger partial charge in [0, 0.05) is 38.2 Å². The fraction of sp³-hybridized carbons (Fsp3) is 0.519. The van der Waals surface area contributed by atoms with Crippen molar-refractivity contribution in [1.29, 1.82) is 5.26 Å². The Morgan fingerprint density at radius 3 is 2.70 bits per heavy atom. The average molecular weight is 586 g/mol. The number of nitrogens with zero attached hydrogens (tertiary/aromatic N) is 6. The average Bonchev–Trinajstić information content (AvgIpc) is 3.33. The van der Waals surface area contributed by atoms with Crippen LogP contribution >= 0.6 is 11.6 Å². The van der Waals surface area contributed by atoms with Crippen molar-refractivity contribution in [2.24, 2.45) is 0 Å². The molecular formula is C27H32ClN7O4S. The van der Waals surface area contributed by atoms with E-state index in [-0.39, 0.29) is 28.9 Å². The van der Waals surface area contributed by atoms with Crippen molar-refractivity contribution in [3.05, 3.63) is 53.4 Å². The molecule has 1 aromatic carbocycles. The van der Waals surface area contributed by atoms with Crippen molar-refractivity contribution in [1.82, 2.24) is 24.9 Å². The molecule has 3 fully saturated rings. The van der Waals surface area contributed by atoms with Crippen molar-refractivity contribution in [2.75, 3.05) is 24.7 Å². The predicted octanol–water partition coefficient (Wildman–Crippen LogP) is 2.77. The number of aliphatic hydroxyl groups is 1. The smallest absolute Gasteiger partial charge is 0.184 e. The molecule has 1 saturated carbocycles. The summed E-state index contributed by atoms with van der Waals surface area (Å²) in [4.78, 5) is 1.98. The van der Waals surface area contributed by atoms with E-state index in [1.54, 1.807) is 35.3 Å². The predicted molar refractivity (Wildman–Crippen MR) is 148 cm³/mol. The molecule has 0 bridgehead atoms. The molecule has 2 saturated heterocycles. The SMILES string of the molecule is Cc1cc(N2CC(S(=O)(=O)c3ccc(-n4cccn4)cc3Cl)CC2C(O)NC2(C#N)CC2)n(C2CCOCC2)n1. The molecule has 212 valence electrons.